The van der Waals surface area contributed by atoms with E-state index in [2.05, 4.69) is 10.6 Å². The molecule has 36 heavy (non-hydrogen) atoms. The van der Waals surface area contributed by atoms with Crippen molar-refractivity contribution >= 4 is 33.2 Å². The maximum Gasteiger partial charge on any atom is 0.255 e. The summed E-state index contributed by atoms with van der Waals surface area (Å²) in [4.78, 5) is 25.6. The summed E-state index contributed by atoms with van der Waals surface area (Å²) in [6, 6.07) is 22.4. The Balaban J connectivity index is 1.43. The van der Waals surface area contributed by atoms with Crippen LogP contribution in [0.2, 0.25) is 0 Å². The number of rotatable bonds is 9. The first-order valence-corrected chi connectivity index (χ1v) is 13.6. The second-order valence-electron chi connectivity index (χ2n) is 8.65. The molecule has 0 bridgehead atoms. The number of amides is 2. The van der Waals surface area contributed by atoms with E-state index in [-0.39, 0.29) is 24.5 Å². The Kier molecular flexibility index (Phi) is 8.02. The molecule has 188 valence electrons. The number of ether oxygens (including phenoxy) is 1. The summed E-state index contributed by atoms with van der Waals surface area (Å²) < 4.78 is 31.6. The molecular formula is C27H29N3O5S. The van der Waals surface area contributed by atoms with Gasteiger partial charge < -0.3 is 15.4 Å². The number of carbonyl (C=O) groups excluding carboxylic acids is 2. The lowest BCUT2D eigenvalue weighted by Crippen LogP contribution is -2.32. The van der Waals surface area contributed by atoms with Crippen molar-refractivity contribution in [2.24, 2.45) is 0 Å². The summed E-state index contributed by atoms with van der Waals surface area (Å²) in [5, 5.41) is 5.69. The van der Waals surface area contributed by atoms with Gasteiger partial charge in [-0.05, 0) is 54.8 Å². The molecule has 1 heterocycles. The van der Waals surface area contributed by atoms with Crippen molar-refractivity contribution in [3.8, 4) is 0 Å². The number of nitrogens with zero attached hydrogens (tertiary/aromatic N) is 1. The van der Waals surface area contributed by atoms with Crippen LogP contribution in [0.3, 0.4) is 0 Å². The van der Waals surface area contributed by atoms with Crippen LogP contribution in [-0.2, 0) is 21.3 Å². The van der Waals surface area contributed by atoms with Gasteiger partial charge in [0.2, 0.25) is 10.0 Å². The zero-order chi connectivity index (χ0) is 25.5. The molecule has 2 N–H and O–H groups in total. The fourth-order valence-corrected chi connectivity index (χ4v) is 4.90. The minimum absolute atomic E-state index is 0.0229. The number of anilines is 2. The Morgan fingerprint density at radius 1 is 0.944 bits per heavy atom. The van der Waals surface area contributed by atoms with E-state index >= 15 is 0 Å². The van der Waals surface area contributed by atoms with E-state index in [1.54, 1.807) is 72.8 Å². The van der Waals surface area contributed by atoms with Crippen LogP contribution < -0.4 is 14.9 Å². The molecule has 9 heteroatoms. The number of nitrogens with one attached hydrogen (secondary N) is 2. The van der Waals surface area contributed by atoms with Crippen LogP contribution in [0.15, 0.2) is 78.9 Å². The molecule has 0 aliphatic carbocycles. The van der Waals surface area contributed by atoms with E-state index in [1.807, 2.05) is 6.07 Å². The molecule has 3 aromatic rings. The number of para-hydroxylation sites is 2. The maximum absolute atomic E-state index is 12.9. The molecular weight excluding hydrogens is 478 g/mol. The third-order valence-corrected chi connectivity index (χ3v) is 7.06. The molecule has 1 atom stereocenters. The van der Waals surface area contributed by atoms with Crippen molar-refractivity contribution in [3.05, 3.63) is 95.6 Å². The second kappa shape index (κ2) is 11.4. The van der Waals surface area contributed by atoms with Crippen molar-refractivity contribution in [1.29, 1.82) is 0 Å². The number of carbonyl (C=O) groups is 2. The summed E-state index contributed by atoms with van der Waals surface area (Å²) in [5.74, 6) is -0.650. The van der Waals surface area contributed by atoms with Gasteiger partial charge >= 0.3 is 0 Å². The minimum Gasteiger partial charge on any atom is -0.376 e. The van der Waals surface area contributed by atoms with Crippen molar-refractivity contribution in [1.82, 2.24) is 5.32 Å². The van der Waals surface area contributed by atoms with Crippen molar-refractivity contribution in [2.75, 3.05) is 29.0 Å². The van der Waals surface area contributed by atoms with Gasteiger partial charge in [0.1, 0.15) is 0 Å². The van der Waals surface area contributed by atoms with Gasteiger partial charge in [-0.15, -0.1) is 0 Å². The molecule has 0 saturated carbocycles. The SMILES string of the molecule is CS(=O)(=O)N(Cc1ccc(C(=O)Nc2ccccc2C(=O)NC[C@@H]2CCCO2)cc1)c1ccccc1. The number of benzene rings is 3. The number of hydrogen-bond acceptors (Lipinski definition) is 5. The summed E-state index contributed by atoms with van der Waals surface area (Å²) >= 11 is 0. The highest BCUT2D eigenvalue weighted by atomic mass is 32.2. The van der Waals surface area contributed by atoms with Crippen LogP contribution >= 0.6 is 0 Å². The van der Waals surface area contributed by atoms with Gasteiger partial charge in [0.05, 0.1) is 35.8 Å². The fraction of sp³-hybridized carbons (Fsp3) is 0.259. The summed E-state index contributed by atoms with van der Waals surface area (Å²) in [5.41, 5.74) is 2.46. The van der Waals surface area contributed by atoms with Crippen LogP contribution in [0, 0.1) is 0 Å². The molecule has 1 aliphatic rings. The van der Waals surface area contributed by atoms with Crippen LogP contribution in [0.5, 0.6) is 0 Å². The Bertz CT molecular complexity index is 1300. The third kappa shape index (κ3) is 6.50. The lowest BCUT2D eigenvalue weighted by atomic mass is 10.1. The van der Waals surface area contributed by atoms with Gasteiger partial charge in [0.25, 0.3) is 11.8 Å². The van der Waals surface area contributed by atoms with Gasteiger partial charge in [-0.1, -0.05) is 42.5 Å². The van der Waals surface area contributed by atoms with E-state index in [0.717, 1.165) is 24.7 Å². The standard InChI is InChI=1S/C27H29N3O5S/c1-36(33,34)30(22-8-3-2-4-9-22)19-20-13-15-21(16-14-20)26(31)29-25-12-6-5-11-24(25)27(32)28-18-23-10-7-17-35-23/h2-6,8-9,11-16,23H,7,10,17-19H2,1H3,(H,28,32)(H,29,31)/t23-/m0/s1. The fourth-order valence-electron chi connectivity index (χ4n) is 4.01. The van der Waals surface area contributed by atoms with Gasteiger partial charge in [0, 0.05) is 18.7 Å². The van der Waals surface area contributed by atoms with E-state index in [0.29, 0.717) is 35.7 Å². The normalized spacial score (nSPS) is 15.3. The Hall–Kier alpha value is -3.69. The highest BCUT2D eigenvalue weighted by Crippen LogP contribution is 2.21. The molecule has 4 rings (SSSR count). The highest BCUT2D eigenvalue weighted by molar-refractivity contribution is 7.92. The predicted octanol–water partition coefficient (Wildman–Crippen LogP) is 3.81. The molecule has 3 aromatic carbocycles. The van der Waals surface area contributed by atoms with Crippen LogP contribution in [-0.4, -0.2) is 45.7 Å². The molecule has 2 amide bonds. The second-order valence-corrected chi connectivity index (χ2v) is 10.6. The average molecular weight is 508 g/mol. The number of hydrogen-bond donors (Lipinski definition) is 2. The monoisotopic (exact) mass is 507 g/mol. The molecule has 8 nitrogen and oxygen atoms in total. The average Bonchev–Trinajstić information content (AvgIpc) is 3.40. The van der Waals surface area contributed by atoms with E-state index in [1.165, 1.54) is 4.31 Å². The molecule has 1 fully saturated rings. The predicted molar refractivity (Wildman–Crippen MR) is 140 cm³/mol. The van der Waals surface area contributed by atoms with Gasteiger partial charge in [0.15, 0.2) is 0 Å². The zero-order valence-corrected chi connectivity index (χ0v) is 20.8. The quantitative estimate of drug-likeness (QED) is 0.458. The summed E-state index contributed by atoms with van der Waals surface area (Å²) in [6.45, 7) is 1.28. The molecule has 0 radical (unpaired) electrons. The largest absolute Gasteiger partial charge is 0.376 e. The zero-order valence-electron chi connectivity index (χ0n) is 20.0. The van der Waals surface area contributed by atoms with Crippen molar-refractivity contribution < 1.29 is 22.7 Å². The highest BCUT2D eigenvalue weighted by Gasteiger charge is 2.20. The van der Waals surface area contributed by atoms with Crippen molar-refractivity contribution in [2.45, 2.75) is 25.5 Å². The first kappa shape index (κ1) is 25.4. The Morgan fingerprint density at radius 3 is 2.31 bits per heavy atom. The summed E-state index contributed by atoms with van der Waals surface area (Å²) in [6.07, 6.45) is 3.09. The molecule has 0 spiro atoms. The van der Waals surface area contributed by atoms with Crippen LogP contribution in [0.25, 0.3) is 0 Å². The molecule has 1 aliphatic heterocycles. The van der Waals surface area contributed by atoms with Crippen LogP contribution in [0.1, 0.15) is 39.1 Å². The topological polar surface area (TPSA) is 105 Å². The van der Waals surface area contributed by atoms with Crippen molar-refractivity contribution in [3.63, 3.8) is 0 Å². The first-order valence-electron chi connectivity index (χ1n) is 11.7. The summed E-state index contributed by atoms with van der Waals surface area (Å²) in [7, 11) is -3.50. The lowest BCUT2D eigenvalue weighted by Gasteiger charge is -2.22. The maximum atomic E-state index is 12.9. The van der Waals surface area contributed by atoms with Gasteiger partial charge in [-0.25, -0.2) is 8.42 Å². The Morgan fingerprint density at radius 2 is 1.64 bits per heavy atom. The van der Waals surface area contributed by atoms with Crippen LogP contribution in [0.4, 0.5) is 11.4 Å². The Labute approximate surface area is 211 Å². The van der Waals surface area contributed by atoms with E-state index in [9.17, 15) is 18.0 Å². The van der Waals surface area contributed by atoms with Gasteiger partial charge in [-0.2, -0.15) is 0 Å². The van der Waals surface area contributed by atoms with E-state index < -0.39 is 10.0 Å². The number of sulfonamides is 1. The first-order chi connectivity index (χ1) is 17.3. The smallest absolute Gasteiger partial charge is 0.255 e. The third-order valence-electron chi connectivity index (χ3n) is 5.92. The van der Waals surface area contributed by atoms with Gasteiger partial charge in [-0.3, -0.25) is 13.9 Å². The molecule has 0 aromatic heterocycles. The molecule has 0 unspecified atom stereocenters. The van der Waals surface area contributed by atoms with E-state index in [4.69, 9.17) is 4.74 Å². The molecule has 1 saturated heterocycles. The minimum atomic E-state index is -3.50. The lowest BCUT2D eigenvalue weighted by molar-refractivity contribution is 0.0858.